The highest BCUT2D eigenvalue weighted by Gasteiger charge is 2.10. The van der Waals surface area contributed by atoms with Crippen LogP contribution in [0, 0.1) is 19.7 Å². The first kappa shape index (κ1) is 65.8. The maximum Gasteiger partial charge on any atom is 0.123 e. The van der Waals surface area contributed by atoms with Crippen molar-refractivity contribution in [2.24, 2.45) is 0 Å². The van der Waals surface area contributed by atoms with Gasteiger partial charge < -0.3 is 25.5 Å². The molecule has 0 aliphatic rings. The van der Waals surface area contributed by atoms with Crippen molar-refractivity contribution in [2.45, 2.75) is 91.9 Å². The fourth-order valence-corrected chi connectivity index (χ4v) is 9.30. The minimum atomic E-state index is -0.288. The average molecular weight is 1250 g/mol. The molecule has 21 heteroatoms. The molecule has 474 valence electrons. The van der Waals surface area contributed by atoms with Crippen molar-refractivity contribution in [1.29, 1.82) is 0 Å². The molecule has 93 heavy (non-hydrogen) atoms. The SMILES string of the molecule is CCCCCCCc1cn(-c2ccc(O)cc2)nn1.CCCCCc1cn(-c2ccc(O)cc2)nn1.Cc1ccc(-c2cn(-c3cccc(O)c3)nn2)cc1.Cc1ccc(-c2cn(-c3cccc(O)c3)nn2)cc1.Oc1cccc(-n2cc(-c3ccc(F)cc3)nn2)c1. The van der Waals surface area contributed by atoms with E-state index in [1.54, 1.807) is 121 Å². The van der Waals surface area contributed by atoms with Gasteiger partial charge in [0.2, 0.25) is 0 Å². The normalized spacial score (nSPS) is 10.6. The summed E-state index contributed by atoms with van der Waals surface area (Å²) >= 11 is 0. The third-order valence-corrected chi connectivity index (χ3v) is 14.5. The van der Waals surface area contributed by atoms with Crippen LogP contribution in [0.25, 0.3) is 62.2 Å². The summed E-state index contributed by atoms with van der Waals surface area (Å²) in [6.07, 6.45) is 21.2. The van der Waals surface area contributed by atoms with Crippen molar-refractivity contribution in [3.63, 3.8) is 0 Å². The summed E-state index contributed by atoms with van der Waals surface area (Å²) < 4.78 is 21.2. The van der Waals surface area contributed by atoms with Crippen molar-refractivity contribution in [3.8, 4) is 91.0 Å². The number of phenolic OH excluding ortho intramolecular Hbond substituents is 5. The summed E-state index contributed by atoms with van der Waals surface area (Å²) in [5.41, 5.74) is 13.7. The number of halogens is 1. The van der Waals surface area contributed by atoms with Crippen LogP contribution in [0.15, 0.2) is 225 Å². The molecule has 0 spiro atoms. The van der Waals surface area contributed by atoms with Gasteiger partial charge in [-0.1, -0.05) is 156 Å². The van der Waals surface area contributed by atoms with E-state index in [9.17, 15) is 29.9 Å². The van der Waals surface area contributed by atoms with Crippen molar-refractivity contribution < 1.29 is 29.9 Å². The molecule has 0 radical (unpaired) electrons. The number of phenols is 5. The third kappa shape index (κ3) is 19.9. The Morgan fingerprint density at radius 2 is 0.624 bits per heavy atom. The van der Waals surface area contributed by atoms with Crippen LogP contribution in [-0.4, -0.2) is 101 Å². The lowest BCUT2D eigenvalue weighted by Gasteiger charge is -1.99. The van der Waals surface area contributed by atoms with Gasteiger partial charge in [-0.3, -0.25) is 0 Å². The van der Waals surface area contributed by atoms with E-state index in [4.69, 9.17) is 0 Å². The molecule has 13 rings (SSSR count). The smallest absolute Gasteiger partial charge is 0.123 e. The van der Waals surface area contributed by atoms with E-state index < -0.39 is 0 Å². The van der Waals surface area contributed by atoms with Gasteiger partial charge in [0.05, 0.1) is 70.8 Å². The van der Waals surface area contributed by atoms with Gasteiger partial charge in [-0.05, 0) is 149 Å². The summed E-state index contributed by atoms with van der Waals surface area (Å²) in [6.45, 7) is 8.51. The van der Waals surface area contributed by atoms with Gasteiger partial charge in [-0.2, -0.15) is 0 Å². The molecule has 0 saturated carbocycles. The molecule has 0 saturated heterocycles. The van der Waals surface area contributed by atoms with Gasteiger partial charge in [0.25, 0.3) is 0 Å². The number of hydrogen-bond donors (Lipinski definition) is 5. The highest BCUT2D eigenvalue weighted by atomic mass is 19.1. The zero-order valence-corrected chi connectivity index (χ0v) is 52.3. The number of hydrogen-bond acceptors (Lipinski definition) is 15. The highest BCUT2D eigenvalue weighted by molar-refractivity contribution is 5.60. The van der Waals surface area contributed by atoms with Gasteiger partial charge >= 0.3 is 0 Å². The Kier molecular flexibility index (Phi) is 23.6. The van der Waals surface area contributed by atoms with E-state index in [2.05, 4.69) is 65.4 Å². The van der Waals surface area contributed by atoms with Crippen LogP contribution in [0.5, 0.6) is 28.7 Å². The number of unbranched alkanes of at least 4 members (excludes halogenated alkanes) is 6. The Bertz CT molecular complexity index is 4060. The molecule has 0 aliphatic carbocycles. The highest BCUT2D eigenvalue weighted by Crippen LogP contribution is 2.24. The molecule has 8 aromatic carbocycles. The summed E-state index contributed by atoms with van der Waals surface area (Å²) in [6, 6.07) is 56.7. The third-order valence-electron chi connectivity index (χ3n) is 14.5. The zero-order valence-electron chi connectivity index (χ0n) is 52.3. The fourth-order valence-electron chi connectivity index (χ4n) is 9.30. The first-order valence-corrected chi connectivity index (χ1v) is 30.7. The second-order valence-electron chi connectivity index (χ2n) is 21.9. The van der Waals surface area contributed by atoms with E-state index in [1.807, 2.05) is 130 Å². The molecule has 0 atom stereocenters. The van der Waals surface area contributed by atoms with Gasteiger partial charge in [0.1, 0.15) is 51.6 Å². The zero-order chi connectivity index (χ0) is 65.3. The molecule has 0 aliphatic heterocycles. The number of aryl methyl sites for hydroxylation is 4. The van der Waals surface area contributed by atoms with Crippen LogP contribution in [-0.2, 0) is 12.8 Å². The van der Waals surface area contributed by atoms with Crippen LogP contribution in [0.3, 0.4) is 0 Å². The molecule has 5 heterocycles. The molecule has 13 aromatic rings. The van der Waals surface area contributed by atoms with Gasteiger partial charge in [-0.15, -0.1) is 25.5 Å². The molecular formula is C72H74FN15O5. The molecule has 0 unspecified atom stereocenters. The predicted molar refractivity (Wildman–Crippen MR) is 357 cm³/mol. The number of benzene rings is 8. The average Bonchev–Trinajstić information content (AvgIpc) is 1.90. The first-order valence-electron chi connectivity index (χ1n) is 30.7. The van der Waals surface area contributed by atoms with E-state index in [0.717, 1.165) is 81.5 Å². The lowest BCUT2D eigenvalue weighted by molar-refractivity contribution is 0.474. The van der Waals surface area contributed by atoms with Gasteiger partial charge in [-0.25, -0.2) is 27.8 Å². The molecule has 5 aromatic heterocycles. The minimum absolute atomic E-state index is 0.163. The second kappa shape index (κ2) is 33.3. The number of rotatable bonds is 18. The summed E-state index contributed by atoms with van der Waals surface area (Å²) in [5, 5.41) is 87.8. The Morgan fingerprint density at radius 3 is 0.978 bits per heavy atom. The van der Waals surface area contributed by atoms with E-state index >= 15 is 0 Å². The standard InChI is InChI=1S/2C15H13N3O.C15H21N3O.C14H10FN3O.C13H17N3O/c2*1-11-5-7-12(8-6-11)15-10-18(17-16-15)13-3-2-4-14(19)9-13;1-2-3-4-5-6-7-13-12-18(17-16-13)14-8-10-15(19)11-9-14;15-11-6-4-10(5-7-11)14-9-18(17-16-14)12-2-1-3-13(19)8-12;1-2-3-4-5-11-10-16(15-14-11)12-6-8-13(17)9-7-12/h2*2-10,19H,1H3;8-12,19H,2-7H2,1H3;1-9,19H;6-10,17H,2-5H2,1H3. The Balaban J connectivity index is 0.000000137. The Labute approximate surface area is 538 Å². The van der Waals surface area contributed by atoms with Crippen LogP contribution in [0.1, 0.15) is 87.7 Å². The van der Waals surface area contributed by atoms with Crippen molar-refractivity contribution in [3.05, 3.63) is 253 Å². The van der Waals surface area contributed by atoms with Crippen molar-refractivity contribution >= 4 is 0 Å². The minimum Gasteiger partial charge on any atom is -0.508 e. The predicted octanol–water partition coefficient (Wildman–Crippen LogP) is 14.9. The summed E-state index contributed by atoms with van der Waals surface area (Å²) in [5.74, 6) is 0.826. The van der Waals surface area contributed by atoms with Crippen LogP contribution < -0.4 is 0 Å². The summed E-state index contributed by atoms with van der Waals surface area (Å²) in [4.78, 5) is 0. The molecule has 0 fully saturated rings. The topological polar surface area (TPSA) is 255 Å². The van der Waals surface area contributed by atoms with Crippen molar-refractivity contribution in [2.75, 3.05) is 0 Å². The second-order valence-corrected chi connectivity index (χ2v) is 21.9. The number of aromatic nitrogens is 15. The molecule has 0 bridgehead atoms. The lowest BCUT2D eigenvalue weighted by Crippen LogP contribution is -1.93. The molecule has 20 nitrogen and oxygen atoms in total. The van der Waals surface area contributed by atoms with E-state index in [-0.39, 0.29) is 34.6 Å². The maximum absolute atomic E-state index is 12.8. The monoisotopic (exact) mass is 1250 g/mol. The largest absolute Gasteiger partial charge is 0.508 e. The van der Waals surface area contributed by atoms with E-state index in [0.29, 0.717) is 11.4 Å². The van der Waals surface area contributed by atoms with Crippen LogP contribution >= 0.6 is 0 Å². The lowest BCUT2D eigenvalue weighted by atomic mass is 10.1. The van der Waals surface area contributed by atoms with E-state index in [1.165, 1.54) is 68.2 Å². The van der Waals surface area contributed by atoms with Gasteiger partial charge in [0, 0.05) is 34.9 Å². The van der Waals surface area contributed by atoms with Crippen LogP contribution in [0.4, 0.5) is 4.39 Å². The number of aromatic hydroxyl groups is 5. The van der Waals surface area contributed by atoms with Crippen molar-refractivity contribution in [1.82, 2.24) is 75.0 Å². The molecule has 0 amide bonds. The Morgan fingerprint density at radius 1 is 0.312 bits per heavy atom. The number of nitrogens with zero attached hydrogens (tertiary/aromatic N) is 15. The Hall–Kier alpha value is -11.6. The van der Waals surface area contributed by atoms with Gasteiger partial charge in [0.15, 0.2) is 0 Å². The summed E-state index contributed by atoms with van der Waals surface area (Å²) in [7, 11) is 0. The quantitative estimate of drug-likeness (QED) is 0.0501. The fraction of sp³-hybridized carbons (Fsp3) is 0.194. The molecular weight excluding hydrogens is 1170 g/mol. The maximum atomic E-state index is 12.8. The first-order chi connectivity index (χ1) is 45.2. The molecule has 5 N–H and O–H groups in total. The van der Waals surface area contributed by atoms with Crippen LogP contribution in [0.2, 0.25) is 0 Å².